The van der Waals surface area contributed by atoms with E-state index in [1.807, 2.05) is 24.3 Å². The lowest BCUT2D eigenvalue weighted by Gasteiger charge is -2.15. The van der Waals surface area contributed by atoms with E-state index in [4.69, 9.17) is 4.52 Å². The van der Waals surface area contributed by atoms with Gasteiger partial charge in [0.1, 0.15) is 11.8 Å². The van der Waals surface area contributed by atoms with Gasteiger partial charge in [-0.15, -0.1) is 0 Å². The molecule has 1 aromatic carbocycles. The fraction of sp³-hybridized carbons (Fsp3) is 0.353. The quantitative estimate of drug-likeness (QED) is 0.758. The van der Waals surface area contributed by atoms with Crippen LogP contribution in [0.25, 0.3) is 0 Å². The highest BCUT2D eigenvalue weighted by Crippen LogP contribution is 2.30. The lowest BCUT2D eigenvalue weighted by molar-refractivity contribution is -0.117. The smallest absolute Gasteiger partial charge is 0.247 e. The molecule has 0 bridgehead atoms. The molecule has 24 heavy (non-hydrogen) atoms. The first kappa shape index (κ1) is 16.0. The van der Waals surface area contributed by atoms with E-state index in [2.05, 4.69) is 21.1 Å². The van der Waals surface area contributed by atoms with Crippen molar-refractivity contribution in [2.24, 2.45) is 5.92 Å². The van der Waals surface area contributed by atoms with Gasteiger partial charge in [-0.2, -0.15) is 0 Å². The summed E-state index contributed by atoms with van der Waals surface area (Å²) in [6.07, 6.45) is 1.92. The standard InChI is InChI=1S/C17H20N4O3/c1-10-8-15(21-24-10)20-16(22)11(2)18-13-4-3-5-14(9-13)19-17(23)12-6-7-12/h3-5,8-9,11-12,18H,6-7H2,1-2H3,(H,19,23)(H,20,21,22). The number of hydrogen-bond donors (Lipinski definition) is 3. The molecular formula is C17H20N4O3. The first-order valence-electron chi connectivity index (χ1n) is 7.93. The van der Waals surface area contributed by atoms with E-state index in [1.165, 1.54) is 0 Å². The number of nitrogens with one attached hydrogen (secondary N) is 3. The largest absolute Gasteiger partial charge is 0.374 e. The van der Waals surface area contributed by atoms with Crippen LogP contribution in [0.1, 0.15) is 25.5 Å². The minimum absolute atomic E-state index is 0.0549. The minimum Gasteiger partial charge on any atom is -0.374 e. The third-order valence-electron chi connectivity index (χ3n) is 3.73. The van der Waals surface area contributed by atoms with Gasteiger partial charge in [-0.3, -0.25) is 9.59 Å². The monoisotopic (exact) mass is 328 g/mol. The summed E-state index contributed by atoms with van der Waals surface area (Å²) in [6.45, 7) is 3.50. The van der Waals surface area contributed by atoms with Gasteiger partial charge in [-0.1, -0.05) is 11.2 Å². The van der Waals surface area contributed by atoms with Crippen LogP contribution in [-0.2, 0) is 9.59 Å². The molecule has 7 heteroatoms. The van der Waals surface area contributed by atoms with Crippen molar-refractivity contribution < 1.29 is 14.1 Å². The molecule has 0 radical (unpaired) electrons. The first-order valence-corrected chi connectivity index (χ1v) is 7.93. The number of carbonyl (C=O) groups is 2. The second-order valence-electron chi connectivity index (χ2n) is 6.02. The molecule has 1 fully saturated rings. The number of aryl methyl sites for hydroxylation is 1. The van der Waals surface area contributed by atoms with Gasteiger partial charge in [0.05, 0.1) is 0 Å². The van der Waals surface area contributed by atoms with Gasteiger partial charge in [0, 0.05) is 23.4 Å². The minimum atomic E-state index is -0.476. The number of amides is 2. The SMILES string of the molecule is Cc1cc(NC(=O)C(C)Nc2cccc(NC(=O)C3CC3)c2)no1. The Hall–Kier alpha value is -2.83. The molecule has 0 aliphatic heterocycles. The number of rotatable bonds is 6. The average Bonchev–Trinajstić information content (AvgIpc) is 3.31. The molecule has 3 N–H and O–H groups in total. The summed E-state index contributed by atoms with van der Waals surface area (Å²) in [6, 6.07) is 8.49. The maximum atomic E-state index is 12.2. The number of hydrogen-bond acceptors (Lipinski definition) is 5. The van der Waals surface area contributed by atoms with E-state index in [0.717, 1.165) is 24.2 Å². The van der Waals surface area contributed by atoms with E-state index < -0.39 is 6.04 Å². The second kappa shape index (κ2) is 6.74. The van der Waals surface area contributed by atoms with Crippen molar-refractivity contribution in [3.8, 4) is 0 Å². The van der Waals surface area contributed by atoms with Crippen molar-refractivity contribution in [3.63, 3.8) is 0 Å². The van der Waals surface area contributed by atoms with Crippen LogP contribution in [0, 0.1) is 12.8 Å². The van der Waals surface area contributed by atoms with E-state index in [-0.39, 0.29) is 17.7 Å². The normalized spacial score (nSPS) is 14.8. The van der Waals surface area contributed by atoms with Crippen LogP contribution < -0.4 is 16.0 Å². The van der Waals surface area contributed by atoms with Gasteiger partial charge in [0.2, 0.25) is 11.8 Å². The first-order chi connectivity index (χ1) is 11.5. The molecular weight excluding hydrogens is 308 g/mol. The number of aromatic nitrogens is 1. The Bertz CT molecular complexity index is 752. The molecule has 1 unspecified atom stereocenters. The predicted octanol–water partition coefficient (Wildman–Crippen LogP) is 2.77. The Kier molecular flexibility index (Phi) is 4.50. The van der Waals surface area contributed by atoms with Crippen molar-refractivity contribution in [2.45, 2.75) is 32.7 Å². The second-order valence-corrected chi connectivity index (χ2v) is 6.02. The van der Waals surface area contributed by atoms with Crippen LogP contribution in [0.2, 0.25) is 0 Å². The summed E-state index contributed by atoms with van der Waals surface area (Å²) < 4.78 is 4.92. The van der Waals surface area contributed by atoms with Crippen LogP contribution >= 0.6 is 0 Å². The fourth-order valence-electron chi connectivity index (χ4n) is 2.25. The van der Waals surface area contributed by atoms with Crippen molar-refractivity contribution in [1.29, 1.82) is 0 Å². The lowest BCUT2D eigenvalue weighted by Crippen LogP contribution is -2.32. The Morgan fingerprint density at radius 2 is 1.96 bits per heavy atom. The van der Waals surface area contributed by atoms with Crippen molar-refractivity contribution in [2.75, 3.05) is 16.0 Å². The molecule has 1 aliphatic rings. The zero-order valence-corrected chi connectivity index (χ0v) is 13.6. The number of anilines is 3. The molecule has 1 aromatic heterocycles. The maximum absolute atomic E-state index is 12.2. The van der Waals surface area contributed by atoms with Crippen molar-refractivity contribution in [1.82, 2.24) is 5.16 Å². The highest BCUT2D eigenvalue weighted by molar-refractivity contribution is 5.96. The maximum Gasteiger partial charge on any atom is 0.247 e. The summed E-state index contributed by atoms with van der Waals surface area (Å²) >= 11 is 0. The van der Waals surface area contributed by atoms with Gasteiger partial charge in [-0.25, -0.2) is 0 Å². The van der Waals surface area contributed by atoms with Crippen LogP contribution in [0.5, 0.6) is 0 Å². The van der Waals surface area contributed by atoms with E-state index in [1.54, 1.807) is 19.9 Å². The summed E-state index contributed by atoms with van der Waals surface area (Å²) in [4.78, 5) is 24.0. The van der Waals surface area contributed by atoms with Crippen molar-refractivity contribution >= 4 is 29.0 Å². The average molecular weight is 328 g/mol. The van der Waals surface area contributed by atoms with Crippen LogP contribution in [0.4, 0.5) is 17.2 Å². The number of benzene rings is 1. The Morgan fingerprint density at radius 1 is 1.21 bits per heavy atom. The van der Waals surface area contributed by atoms with Gasteiger partial charge >= 0.3 is 0 Å². The summed E-state index contributed by atoms with van der Waals surface area (Å²) in [5.41, 5.74) is 1.47. The molecule has 126 valence electrons. The fourth-order valence-corrected chi connectivity index (χ4v) is 2.25. The predicted molar refractivity (Wildman–Crippen MR) is 90.8 cm³/mol. The number of carbonyl (C=O) groups excluding carboxylic acids is 2. The molecule has 1 aliphatic carbocycles. The Labute approximate surface area is 139 Å². The summed E-state index contributed by atoms with van der Waals surface area (Å²) in [7, 11) is 0. The molecule has 1 atom stereocenters. The molecule has 7 nitrogen and oxygen atoms in total. The van der Waals surface area contributed by atoms with Gasteiger partial charge in [-0.05, 0) is 44.9 Å². The van der Waals surface area contributed by atoms with E-state index in [9.17, 15) is 9.59 Å². The zero-order valence-electron chi connectivity index (χ0n) is 13.6. The number of nitrogens with zero attached hydrogens (tertiary/aromatic N) is 1. The Balaban J connectivity index is 1.57. The lowest BCUT2D eigenvalue weighted by atomic mass is 10.2. The van der Waals surface area contributed by atoms with Gasteiger partial charge in [0.25, 0.3) is 0 Å². The van der Waals surface area contributed by atoms with Crippen molar-refractivity contribution in [3.05, 3.63) is 36.1 Å². The molecule has 3 rings (SSSR count). The molecule has 2 aromatic rings. The highest BCUT2D eigenvalue weighted by Gasteiger charge is 2.29. The van der Waals surface area contributed by atoms with Crippen LogP contribution in [0.15, 0.2) is 34.9 Å². The van der Waals surface area contributed by atoms with E-state index in [0.29, 0.717) is 11.6 Å². The van der Waals surface area contributed by atoms with Gasteiger partial charge < -0.3 is 20.5 Å². The van der Waals surface area contributed by atoms with Gasteiger partial charge in [0.15, 0.2) is 5.82 Å². The molecule has 2 amide bonds. The zero-order chi connectivity index (χ0) is 17.1. The highest BCUT2D eigenvalue weighted by atomic mass is 16.5. The van der Waals surface area contributed by atoms with E-state index >= 15 is 0 Å². The summed E-state index contributed by atoms with van der Waals surface area (Å²) in [5.74, 6) is 0.994. The third kappa shape index (κ3) is 4.13. The van der Waals surface area contributed by atoms with Crippen LogP contribution in [-0.4, -0.2) is 23.0 Å². The third-order valence-corrected chi connectivity index (χ3v) is 3.73. The molecule has 1 saturated carbocycles. The molecule has 1 heterocycles. The summed E-state index contributed by atoms with van der Waals surface area (Å²) in [5, 5.41) is 12.4. The Morgan fingerprint density at radius 3 is 2.62 bits per heavy atom. The molecule has 0 saturated heterocycles. The topological polar surface area (TPSA) is 96.3 Å². The molecule has 0 spiro atoms. The van der Waals surface area contributed by atoms with Crippen LogP contribution in [0.3, 0.4) is 0 Å².